The Morgan fingerprint density at radius 2 is 1.75 bits per heavy atom. The molecule has 0 aliphatic rings. The lowest BCUT2D eigenvalue weighted by Gasteiger charge is -2.09. The predicted molar refractivity (Wildman–Crippen MR) is 82.6 cm³/mol. The molecule has 0 bridgehead atoms. The molecule has 0 spiro atoms. The molecule has 2 aromatic rings. The number of hydroxylamine groups is 1. The SMILES string of the molecule is O=C(C=Cc1cccc(S(=O)(=O)Nc2cc(F)cc(F)c2)c1)NO. The van der Waals surface area contributed by atoms with Gasteiger partial charge in [-0.15, -0.1) is 0 Å². The van der Waals surface area contributed by atoms with Crippen LogP contribution in [0.1, 0.15) is 5.56 Å². The summed E-state index contributed by atoms with van der Waals surface area (Å²) in [4.78, 5) is 10.8. The monoisotopic (exact) mass is 354 g/mol. The van der Waals surface area contributed by atoms with Crippen molar-refractivity contribution in [2.45, 2.75) is 4.90 Å². The second kappa shape index (κ2) is 7.20. The first-order chi connectivity index (χ1) is 11.3. The van der Waals surface area contributed by atoms with Gasteiger partial charge in [0.05, 0.1) is 10.6 Å². The van der Waals surface area contributed by atoms with E-state index in [-0.39, 0.29) is 10.6 Å². The van der Waals surface area contributed by atoms with Gasteiger partial charge in [-0.1, -0.05) is 12.1 Å². The molecule has 0 radical (unpaired) electrons. The molecule has 0 fully saturated rings. The lowest BCUT2D eigenvalue weighted by molar-refractivity contribution is -0.124. The number of anilines is 1. The van der Waals surface area contributed by atoms with Crippen LogP contribution in [-0.4, -0.2) is 19.5 Å². The van der Waals surface area contributed by atoms with Gasteiger partial charge in [-0.05, 0) is 35.9 Å². The lowest BCUT2D eigenvalue weighted by atomic mass is 10.2. The average molecular weight is 354 g/mol. The molecule has 2 rings (SSSR count). The Morgan fingerprint density at radius 3 is 2.38 bits per heavy atom. The van der Waals surface area contributed by atoms with Gasteiger partial charge in [-0.3, -0.25) is 14.7 Å². The molecule has 0 aromatic heterocycles. The summed E-state index contributed by atoms with van der Waals surface area (Å²) in [7, 11) is -4.08. The topological polar surface area (TPSA) is 95.5 Å². The first-order valence-corrected chi connectivity index (χ1v) is 7.99. The zero-order chi connectivity index (χ0) is 17.7. The van der Waals surface area contributed by atoms with Crippen LogP contribution in [0.3, 0.4) is 0 Å². The molecular formula is C15H12F2N2O4S. The fourth-order valence-electron chi connectivity index (χ4n) is 1.82. The summed E-state index contributed by atoms with van der Waals surface area (Å²) >= 11 is 0. The first kappa shape index (κ1) is 17.6. The molecule has 0 heterocycles. The highest BCUT2D eigenvalue weighted by Crippen LogP contribution is 2.19. The molecule has 0 unspecified atom stereocenters. The maximum Gasteiger partial charge on any atom is 0.267 e. The Hall–Kier alpha value is -2.78. The molecule has 0 atom stereocenters. The first-order valence-electron chi connectivity index (χ1n) is 6.51. The van der Waals surface area contributed by atoms with Crippen molar-refractivity contribution in [1.29, 1.82) is 0 Å². The molecule has 0 saturated heterocycles. The number of halogens is 2. The van der Waals surface area contributed by atoms with Crippen LogP contribution < -0.4 is 10.2 Å². The third-order valence-corrected chi connectivity index (χ3v) is 4.20. The molecule has 0 saturated carbocycles. The Kier molecular flexibility index (Phi) is 5.27. The van der Waals surface area contributed by atoms with E-state index < -0.39 is 27.6 Å². The third kappa shape index (κ3) is 4.61. The van der Waals surface area contributed by atoms with Crippen molar-refractivity contribution < 1.29 is 27.2 Å². The summed E-state index contributed by atoms with van der Waals surface area (Å²) in [5.74, 6) is -2.62. The van der Waals surface area contributed by atoms with Crippen LogP contribution >= 0.6 is 0 Å². The van der Waals surface area contributed by atoms with E-state index in [1.807, 2.05) is 0 Å². The van der Waals surface area contributed by atoms with Gasteiger partial charge < -0.3 is 0 Å². The van der Waals surface area contributed by atoms with Crippen LogP contribution in [0.5, 0.6) is 0 Å². The fourth-order valence-corrected chi connectivity index (χ4v) is 2.92. The number of benzene rings is 2. The van der Waals surface area contributed by atoms with Gasteiger partial charge in [0.15, 0.2) is 0 Å². The minimum Gasteiger partial charge on any atom is -0.288 e. The summed E-state index contributed by atoms with van der Waals surface area (Å²) in [5, 5.41) is 8.39. The number of carbonyl (C=O) groups is 1. The summed E-state index contributed by atoms with van der Waals surface area (Å²) < 4.78 is 52.9. The number of hydrogen-bond donors (Lipinski definition) is 3. The molecule has 6 nitrogen and oxygen atoms in total. The highest BCUT2D eigenvalue weighted by Gasteiger charge is 2.15. The number of hydrogen-bond acceptors (Lipinski definition) is 4. The van der Waals surface area contributed by atoms with Gasteiger partial charge in [0.2, 0.25) is 0 Å². The minimum absolute atomic E-state index is 0.168. The van der Waals surface area contributed by atoms with Gasteiger partial charge >= 0.3 is 0 Å². The van der Waals surface area contributed by atoms with Crippen LogP contribution in [0.4, 0.5) is 14.5 Å². The molecule has 0 aliphatic heterocycles. The summed E-state index contributed by atoms with van der Waals surface area (Å²) in [6.07, 6.45) is 2.29. The standard InChI is InChI=1S/C15H12F2N2O4S/c16-11-7-12(17)9-13(8-11)19-24(22,23)14-3-1-2-10(6-14)4-5-15(20)18-21/h1-9,19,21H,(H,18,20). The Bertz CT molecular complexity index is 878. The van der Waals surface area contributed by atoms with Crippen molar-refractivity contribution >= 4 is 27.7 Å². The van der Waals surface area contributed by atoms with Gasteiger partial charge in [0.25, 0.3) is 15.9 Å². The highest BCUT2D eigenvalue weighted by atomic mass is 32.2. The number of nitrogens with one attached hydrogen (secondary N) is 2. The van der Waals surface area contributed by atoms with Gasteiger partial charge in [0, 0.05) is 12.1 Å². The van der Waals surface area contributed by atoms with Crippen molar-refractivity contribution in [1.82, 2.24) is 5.48 Å². The molecule has 24 heavy (non-hydrogen) atoms. The molecule has 9 heteroatoms. The summed E-state index contributed by atoms with van der Waals surface area (Å²) in [6, 6.07) is 7.79. The Labute approximate surface area is 136 Å². The van der Waals surface area contributed by atoms with E-state index in [1.165, 1.54) is 35.8 Å². The van der Waals surface area contributed by atoms with Crippen molar-refractivity contribution in [2.75, 3.05) is 4.72 Å². The zero-order valence-electron chi connectivity index (χ0n) is 12.0. The van der Waals surface area contributed by atoms with Crippen molar-refractivity contribution in [3.05, 3.63) is 65.7 Å². The van der Waals surface area contributed by atoms with Crippen LogP contribution in [0.2, 0.25) is 0 Å². The summed E-state index contributed by atoms with van der Waals surface area (Å²) in [5.41, 5.74) is 1.51. The number of amides is 1. The zero-order valence-corrected chi connectivity index (χ0v) is 12.8. The molecule has 1 amide bonds. The lowest BCUT2D eigenvalue weighted by Crippen LogP contribution is -2.15. The van der Waals surface area contributed by atoms with E-state index >= 15 is 0 Å². The second-order valence-electron chi connectivity index (χ2n) is 4.65. The van der Waals surface area contributed by atoms with Gasteiger partial charge in [-0.2, -0.15) is 0 Å². The van der Waals surface area contributed by atoms with Crippen LogP contribution in [0.25, 0.3) is 6.08 Å². The summed E-state index contributed by atoms with van der Waals surface area (Å²) in [6.45, 7) is 0. The average Bonchev–Trinajstić information content (AvgIpc) is 2.51. The predicted octanol–water partition coefficient (Wildman–Crippen LogP) is 2.28. The van der Waals surface area contributed by atoms with E-state index in [1.54, 1.807) is 0 Å². The van der Waals surface area contributed by atoms with Crippen molar-refractivity contribution in [2.24, 2.45) is 0 Å². The van der Waals surface area contributed by atoms with Gasteiger partial charge in [0.1, 0.15) is 11.6 Å². The van der Waals surface area contributed by atoms with E-state index in [0.717, 1.165) is 18.2 Å². The maximum atomic E-state index is 13.1. The molecule has 3 N–H and O–H groups in total. The van der Waals surface area contributed by atoms with Crippen LogP contribution in [0.15, 0.2) is 53.4 Å². The Balaban J connectivity index is 2.29. The highest BCUT2D eigenvalue weighted by molar-refractivity contribution is 7.92. The maximum absolute atomic E-state index is 13.1. The van der Waals surface area contributed by atoms with E-state index in [2.05, 4.69) is 4.72 Å². The largest absolute Gasteiger partial charge is 0.288 e. The van der Waals surface area contributed by atoms with Gasteiger partial charge in [-0.25, -0.2) is 22.7 Å². The third-order valence-electron chi connectivity index (χ3n) is 2.82. The Morgan fingerprint density at radius 1 is 1.08 bits per heavy atom. The molecular weight excluding hydrogens is 342 g/mol. The van der Waals surface area contributed by atoms with Crippen molar-refractivity contribution in [3.8, 4) is 0 Å². The smallest absolute Gasteiger partial charge is 0.267 e. The number of sulfonamides is 1. The van der Waals surface area contributed by atoms with E-state index in [0.29, 0.717) is 11.6 Å². The normalized spacial score (nSPS) is 11.5. The molecule has 0 aliphatic carbocycles. The van der Waals surface area contributed by atoms with Crippen molar-refractivity contribution in [3.63, 3.8) is 0 Å². The number of carbonyl (C=O) groups excluding carboxylic acids is 1. The quantitative estimate of drug-likeness (QED) is 0.436. The van der Waals surface area contributed by atoms with Crippen LogP contribution in [-0.2, 0) is 14.8 Å². The number of rotatable bonds is 5. The molecule has 126 valence electrons. The van der Waals surface area contributed by atoms with E-state index in [9.17, 15) is 22.0 Å². The fraction of sp³-hybridized carbons (Fsp3) is 0. The minimum atomic E-state index is -4.08. The van der Waals surface area contributed by atoms with Crippen LogP contribution in [0, 0.1) is 11.6 Å². The van der Waals surface area contributed by atoms with E-state index in [4.69, 9.17) is 5.21 Å². The second-order valence-corrected chi connectivity index (χ2v) is 6.33. The molecule has 2 aromatic carbocycles.